The molecule has 3 heterocycles. The lowest BCUT2D eigenvalue weighted by Crippen LogP contribution is -2.44. The number of carbonyl (C=O) groups excluding carboxylic acids is 4. The van der Waals surface area contributed by atoms with Crippen molar-refractivity contribution in [3.05, 3.63) is 102 Å². The van der Waals surface area contributed by atoms with Gasteiger partial charge in [0.15, 0.2) is 5.60 Å². The number of hydrogen-bond donors (Lipinski definition) is 2. The number of carbonyl (C=O) groups is 4. The van der Waals surface area contributed by atoms with Crippen molar-refractivity contribution in [2.45, 2.75) is 96.2 Å². The van der Waals surface area contributed by atoms with Crippen LogP contribution in [0, 0.1) is 5.92 Å². The van der Waals surface area contributed by atoms with E-state index in [-0.39, 0.29) is 43.8 Å². The summed E-state index contributed by atoms with van der Waals surface area (Å²) < 4.78 is 0. The molecule has 0 unspecified atom stereocenters. The topological polar surface area (TPSA) is 122 Å². The van der Waals surface area contributed by atoms with Crippen LogP contribution in [0.15, 0.2) is 84.9 Å². The van der Waals surface area contributed by atoms with Crippen molar-refractivity contribution in [1.82, 2.24) is 4.90 Å². The molecule has 0 saturated carbocycles. The summed E-state index contributed by atoms with van der Waals surface area (Å²) >= 11 is 0. The number of anilines is 3. The summed E-state index contributed by atoms with van der Waals surface area (Å²) in [6.45, 7) is 3.55. The number of benzene rings is 3. The predicted molar refractivity (Wildman–Crippen MR) is 211 cm³/mol. The van der Waals surface area contributed by atoms with Gasteiger partial charge in [-0.25, -0.2) is 0 Å². The van der Waals surface area contributed by atoms with E-state index in [1.165, 1.54) is 0 Å². The Labute approximate surface area is 319 Å². The molecule has 2 saturated heterocycles. The first-order valence-electron chi connectivity index (χ1n) is 19.7. The molecule has 6 rings (SSSR count). The Kier molecular flexibility index (Phi) is 13.0. The van der Waals surface area contributed by atoms with Gasteiger partial charge in [-0.1, -0.05) is 87.2 Å². The minimum atomic E-state index is -1.97. The first kappa shape index (κ1) is 38.9. The lowest BCUT2D eigenvalue weighted by molar-refractivity contribution is -0.139. The van der Waals surface area contributed by atoms with Gasteiger partial charge in [-0.2, -0.15) is 0 Å². The van der Waals surface area contributed by atoms with Crippen LogP contribution in [-0.4, -0.2) is 65.0 Å². The smallest absolute Gasteiger partial charge is 0.264 e. The van der Waals surface area contributed by atoms with E-state index in [0.29, 0.717) is 49.4 Å². The molecule has 3 aliphatic rings. The number of rotatable bonds is 12. The normalized spacial score (nSPS) is 20.4. The highest BCUT2D eigenvalue weighted by molar-refractivity contribution is 6.08. The van der Waals surface area contributed by atoms with Gasteiger partial charge < -0.3 is 29.8 Å². The molecule has 3 aromatic carbocycles. The van der Waals surface area contributed by atoms with Crippen molar-refractivity contribution in [3.8, 4) is 0 Å². The molecule has 4 amide bonds. The lowest BCUT2D eigenvalue weighted by atomic mass is 9.82. The van der Waals surface area contributed by atoms with Gasteiger partial charge in [0.05, 0.1) is 18.8 Å². The fourth-order valence-corrected chi connectivity index (χ4v) is 7.99. The molecule has 3 aromatic rings. The van der Waals surface area contributed by atoms with Crippen LogP contribution in [0.3, 0.4) is 0 Å². The Morgan fingerprint density at radius 2 is 1.43 bits per heavy atom. The Morgan fingerprint density at radius 1 is 0.796 bits per heavy atom. The van der Waals surface area contributed by atoms with E-state index in [1.807, 2.05) is 71.6 Å². The molecule has 10 heteroatoms. The van der Waals surface area contributed by atoms with E-state index in [4.69, 9.17) is 0 Å². The monoisotopic (exact) mass is 734 g/mol. The number of aliphatic hydroxyl groups is 2. The summed E-state index contributed by atoms with van der Waals surface area (Å²) in [6, 6.07) is 22.8. The fraction of sp³-hybridized carbons (Fsp3) is 0.455. The van der Waals surface area contributed by atoms with Crippen molar-refractivity contribution < 1.29 is 29.4 Å². The van der Waals surface area contributed by atoms with Gasteiger partial charge in [-0.3, -0.25) is 19.2 Å². The van der Waals surface area contributed by atoms with Crippen LogP contribution in [0.1, 0.15) is 94.2 Å². The average Bonchev–Trinajstić information content (AvgIpc) is 3.37. The van der Waals surface area contributed by atoms with Crippen LogP contribution < -0.4 is 14.7 Å². The van der Waals surface area contributed by atoms with Crippen molar-refractivity contribution >= 4 is 40.7 Å². The molecule has 2 fully saturated rings. The SMILES string of the molecule is C[C@@H](/C=C/CC(=O)N(CCO)Cc1ccccc1)[C@]1(O)C(=O)N(Cc2cccc(N3CCCCCCC3=O)c2)c2ccc(N3CCCCCCC3=O)cc21. The van der Waals surface area contributed by atoms with Gasteiger partial charge >= 0.3 is 0 Å². The van der Waals surface area contributed by atoms with Gasteiger partial charge in [-0.05, 0) is 67.1 Å². The molecule has 0 radical (unpaired) electrons. The zero-order valence-corrected chi connectivity index (χ0v) is 31.5. The molecular weight excluding hydrogens is 681 g/mol. The second-order valence-electron chi connectivity index (χ2n) is 14.9. The van der Waals surface area contributed by atoms with Crippen molar-refractivity contribution in [3.63, 3.8) is 0 Å². The zero-order valence-electron chi connectivity index (χ0n) is 31.5. The number of aliphatic hydroxyl groups excluding tert-OH is 1. The van der Waals surface area contributed by atoms with Crippen LogP contribution in [0.5, 0.6) is 0 Å². The molecule has 0 aliphatic carbocycles. The van der Waals surface area contributed by atoms with E-state index in [9.17, 15) is 29.4 Å². The summed E-state index contributed by atoms with van der Waals surface area (Å²) in [6.07, 6.45) is 12.1. The third kappa shape index (κ3) is 8.77. The summed E-state index contributed by atoms with van der Waals surface area (Å²) in [4.78, 5) is 61.1. The highest BCUT2D eigenvalue weighted by Gasteiger charge is 2.52. The first-order valence-corrected chi connectivity index (χ1v) is 19.7. The van der Waals surface area contributed by atoms with Gasteiger partial charge in [0, 0.05) is 68.3 Å². The van der Waals surface area contributed by atoms with Crippen molar-refractivity contribution in [1.29, 1.82) is 0 Å². The van der Waals surface area contributed by atoms with Gasteiger partial charge in [0.2, 0.25) is 17.7 Å². The number of fused-ring (bicyclic) bond motifs is 1. The number of amides is 4. The molecular formula is C44H54N4O6. The number of nitrogens with zero attached hydrogens (tertiary/aromatic N) is 4. The summed E-state index contributed by atoms with van der Waals surface area (Å²) in [5, 5.41) is 22.3. The molecule has 2 atom stereocenters. The Morgan fingerprint density at radius 3 is 2.09 bits per heavy atom. The minimum Gasteiger partial charge on any atom is -0.395 e. The van der Waals surface area contributed by atoms with Gasteiger partial charge in [0.25, 0.3) is 5.91 Å². The van der Waals surface area contributed by atoms with Crippen LogP contribution in [0.4, 0.5) is 17.1 Å². The average molecular weight is 735 g/mol. The Hall–Kier alpha value is -4.80. The maximum atomic E-state index is 14.6. The maximum Gasteiger partial charge on any atom is 0.264 e. The number of hydrogen-bond acceptors (Lipinski definition) is 6. The second kappa shape index (κ2) is 18.0. The summed E-state index contributed by atoms with van der Waals surface area (Å²) in [7, 11) is 0. The lowest BCUT2D eigenvalue weighted by Gasteiger charge is -2.29. The standard InChI is InChI=1S/C44H54N4O6/c1-33(15-13-22-40(50)45(27-28-49)31-34-16-7-6-8-17-34)44(54)38-30-37(47-26-12-5-3-10-21-42(47)52)23-24-39(38)48(43(44)53)32-35-18-14-19-36(29-35)46-25-11-4-2-9-20-41(46)51/h6-8,13-19,23-24,29-30,33,49,54H,2-5,9-12,20-22,25-28,31-32H2,1H3/b15-13+/t33-,44+/m0/s1. The summed E-state index contributed by atoms with van der Waals surface area (Å²) in [5.74, 6) is -1.27. The Bertz CT molecular complexity index is 1830. The first-order chi connectivity index (χ1) is 26.2. The van der Waals surface area contributed by atoms with Gasteiger partial charge in [0.1, 0.15) is 0 Å². The van der Waals surface area contributed by atoms with Crippen molar-refractivity contribution in [2.75, 3.05) is 40.9 Å². The highest BCUT2D eigenvalue weighted by Crippen LogP contribution is 2.47. The third-order valence-electron chi connectivity index (χ3n) is 11.1. The van der Waals surface area contributed by atoms with E-state index >= 15 is 0 Å². The minimum absolute atomic E-state index is 0.0301. The van der Waals surface area contributed by atoms with Crippen LogP contribution >= 0.6 is 0 Å². The van der Waals surface area contributed by atoms with E-state index < -0.39 is 17.4 Å². The quantitative estimate of drug-likeness (QED) is 0.202. The third-order valence-corrected chi connectivity index (χ3v) is 11.1. The molecule has 3 aliphatic heterocycles. The largest absolute Gasteiger partial charge is 0.395 e. The predicted octanol–water partition coefficient (Wildman–Crippen LogP) is 6.62. The molecule has 286 valence electrons. The zero-order chi connectivity index (χ0) is 38.1. The van der Waals surface area contributed by atoms with E-state index in [2.05, 4.69) is 0 Å². The van der Waals surface area contributed by atoms with Crippen molar-refractivity contribution in [2.24, 2.45) is 5.92 Å². The molecule has 0 aromatic heterocycles. The van der Waals surface area contributed by atoms with Crippen LogP contribution in [0.2, 0.25) is 0 Å². The molecule has 0 bridgehead atoms. The Balaban J connectivity index is 1.28. The van der Waals surface area contributed by atoms with E-state index in [0.717, 1.165) is 68.2 Å². The van der Waals surface area contributed by atoms with E-state index in [1.54, 1.807) is 39.8 Å². The van der Waals surface area contributed by atoms with Gasteiger partial charge in [-0.15, -0.1) is 0 Å². The fourth-order valence-electron chi connectivity index (χ4n) is 7.99. The maximum absolute atomic E-state index is 14.6. The molecule has 10 nitrogen and oxygen atoms in total. The highest BCUT2D eigenvalue weighted by atomic mass is 16.3. The second-order valence-corrected chi connectivity index (χ2v) is 14.9. The van der Waals surface area contributed by atoms with Crippen LogP contribution in [0.25, 0.3) is 0 Å². The molecule has 54 heavy (non-hydrogen) atoms. The summed E-state index contributed by atoms with van der Waals surface area (Å²) in [5.41, 5.74) is 2.24. The van der Waals surface area contributed by atoms with Crippen LogP contribution in [-0.2, 0) is 37.9 Å². The molecule has 0 spiro atoms. The molecule has 2 N–H and O–H groups in total.